The minimum absolute atomic E-state index is 0.330. The highest BCUT2D eigenvalue weighted by Gasteiger charge is 2.16. The molecule has 1 heterocycles. The summed E-state index contributed by atoms with van der Waals surface area (Å²) in [6, 6.07) is 18.3. The second kappa shape index (κ2) is 8.99. The molecule has 0 radical (unpaired) electrons. The van der Waals surface area contributed by atoms with Crippen LogP contribution in [0.4, 0.5) is 0 Å². The zero-order valence-electron chi connectivity index (χ0n) is 15.0. The molecular weight excluding hydrogens is 312 g/mol. The lowest BCUT2D eigenvalue weighted by atomic mass is 10.1. The van der Waals surface area contributed by atoms with E-state index in [1.807, 2.05) is 30.3 Å². The smallest absolute Gasteiger partial charge is 0.119 e. The van der Waals surface area contributed by atoms with Crippen LogP contribution >= 0.6 is 0 Å². The Morgan fingerprint density at radius 1 is 0.920 bits per heavy atom. The highest BCUT2D eigenvalue weighted by molar-refractivity contribution is 5.63. The molecule has 1 atom stereocenters. The maximum atomic E-state index is 10.3. The third kappa shape index (κ3) is 5.56. The normalized spacial score (nSPS) is 17.8. The number of rotatable bonds is 6. The lowest BCUT2D eigenvalue weighted by Gasteiger charge is -2.23. The van der Waals surface area contributed by atoms with Gasteiger partial charge in [0.05, 0.1) is 0 Å². The maximum Gasteiger partial charge on any atom is 0.119 e. The summed E-state index contributed by atoms with van der Waals surface area (Å²) in [6.07, 6.45) is 0.697. The fraction of sp³-hybridized carbons (Fsp3) is 0.429. The van der Waals surface area contributed by atoms with E-state index in [0.717, 1.165) is 38.3 Å². The predicted molar refractivity (Wildman–Crippen MR) is 102 cm³/mol. The standard InChI is InChI=1S/C21H28N2O2/c1-22-12-5-13-23(15-14-22)16-20(24)17-25-21-10-8-19(9-11-21)18-6-3-2-4-7-18/h2-4,6-11,20,24H,5,12-17H2,1H3. The summed E-state index contributed by atoms with van der Waals surface area (Å²) in [7, 11) is 2.15. The quantitative estimate of drug-likeness (QED) is 0.877. The Kier molecular flexibility index (Phi) is 6.45. The maximum absolute atomic E-state index is 10.3. The average molecular weight is 340 g/mol. The first-order valence-electron chi connectivity index (χ1n) is 9.08. The molecule has 0 saturated carbocycles. The molecule has 134 valence electrons. The van der Waals surface area contributed by atoms with Gasteiger partial charge in [-0.3, -0.25) is 4.90 Å². The lowest BCUT2D eigenvalue weighted by Crippen LogP contribution is -2.37. The molecule has 1 N–H and O–H groups in total. The molecule has 0 spiro atoms. The molecule has 0 bridgehead atoms. The van der Waals surface area contributed by atoms with Crippen LogP contribution in [0.15, 0.2) is 54.6 Å². The molecule has 2 aromatic rings. The third-order valence-electron chi connectivity index (χ3n) is 4.68. The van der Waals surface area contributed by atoms with Gasteiger partial charge in [0.2, 0.25) is 0 Å². The van der Waals surface area contributed by atoms with Crippen LogP contribution < -0.4 is 4.74 Å². The van der Waals surface area contributed by atoms with Crippen molar-refractivity contribution in [2.45, 2.75) is 12.5 Å². The molecule has 1 unspecified atom stereocenters. The molecule has 0 amide bonds. The first kappa shape index (κ1) is 17.9. The first-order chi connectivity index (χ1) is 12.2. The van der Waals surface area contributed by atoms with E-state index in [1.54, 1.807) is 0 Å². The molecule has 3 rings (SSSR count). The number of nitrogens with zero attached hydrogens (tertiary/aromatic N) is 2. The van der Waals surface area contributed by atoms with Crippen molar-refractivity contribution < 1.29 is 9.84 Å². The Bertz CT molecular complexity index is 630. The van der Waals surface area contributed by atoms with E-state index in [0.29, 0.717) is 13.2 Å². The highest BCUT2D eigenvalue weighted by atomic mass is 16.5. The third-order valence-corrected chi connectivity index (χ3v) is 4.68. The largest absolute Gasteiger partial charge is 0.491 e. The first-order valence-corrected chi connectivity index (χ1v) is 9.08. The Morgan fingerprint density at radius 2 is 1.64 bits per heavy atom. The minimum atomic E-state index is -0.461. The minimum Gasteiger partial charge on any atom is -0.491 e. The van der Waals surface area contributed by atoms with E-state index in [1.165, 1.54) is 11.1 Å². The molecule has 0 aromatic heterocycles. The predicted octanol–water partition coefficient (Wildman–Crippen LogP) is 2.73. The Balaban J connectivity index is 1.46. The van der Waals surface area contributed by atoms with Crippen LogP contribution in [0, 0.1) is 0 Å². The molecular formula is C21H28N2O2. The molecule has 25 heavy (non-hydrogen) atoms. The van der Waals surface area contributed by atoms with Crippen LogP contribution in [0.2, 0.25) is 0 Å². The molecule has 1 aliphatic rings. The number of hydrogen-bond acceptors (Lipinski definition) is 4. The molecule has 1 aliphatic heterocycles. The summed E-state index contributed by atoms with van der Waals surface area (Å²) in [5, 5.41) is 10.3. The number of β-amino-alcohol motifs (C(OH)–C–C–N with tert-alkyl or cyclic N) is 1. The number of hydrogen-bond donors (Lipinski definition) is 1. The summed E-state index contributed by atoms with van der Waals surface area (Å²) in [5.74, 6) is 0.800. The van der Waals surface area contributed by atoms with Gasteiger partial charge in [0.15, 0.2) is 0 Å². The van der Waals surface area contributed by atoms with Crippen LogP contribution in [0.25, 0.3) is 11.1 Å². The highest BCUT2D eigenvalue weighted by Crippen LogP contribution is 2.22. The van der Waals surface area contributed by atoms with Gasteiger partial charge in [-0.2, -0.15) is 0 Å². The average Bonchev–Trinajstić information content (AvgIpc) is 2.85. The van der Waals surface area contributed by atoms with Crippen LogP contribution in [0.5, 0.6) is 5.75 Å². The van der Waals surface area contributed by atoms with Crippen molar-refractivity contribution in [1.82, 2.24) is 9.80 Å². The van der Waals surface area contributed by atoms with Crippen LogP contribution in [0.1, 0.15) is 6.42 Å². The lowest BCUT2D eigenvalue weighted by molar-refractivity contribution is 0.0696. The topological polar surface area (TPSA) is 35.9 Å². The number of ether oxygens (including phenoxy) is 1. The van der Waals surface area contributed by atoms with Gasteiger partial charge in [-0.15, -0.1) is 0 Å². The van der Waals surface area contributed by atoms with Gasteiger partial charge in [0.25, 0.3) is 0 Å². The van der Waals surface area contributed by atoms with E-state index in [9.17, 15) is 5.11 Å². The van der Waals surface area contributed by atoms with Crippen LogP contribution in [-0.4, -0.2) is 67.4 Å². The molecule has 4 nitrogen and oxygen atoms in total. The number of benzene rings is 2. The Hall–Kier alpha value is -1.88. The van der Waals surface area contributed by atoms with Crippen LogP contribution in [-0.2, 0) is 0 Å². The van der Waals surface area contributed by atoms with Crippen molar-refractivity contribution in [3.05, 3.63) is 54.6 Å². The second-order valence-electron chi connectivity index (χ2n) is 6.81. The fourth-order valence-corrected chi connectivity index (χ4v) is 3.20. The zero-order chi connectivity index (χ0) is 17.5. The van der Waals surface area contributed by atoms with Gasteiger partial charge in [-0.05, 0) is 49.8 Å². The fourth-order valence-electron chi connectivity index (χ4n) is 3.20. The van der Waals surface area contributed by atoms with E-state index in [4.69, 9.17) is 4.74 Å². The number of likely N-dealkylation sites (N-methyl/N-ethyl adjacent to an activating group) is 1. The molecule has 1 saturated heterocycles. The van der Waals surface area contributed by atoms with E-state index < -0.39 is 6.10 Å². The van der Waals surface area contributed by atoms with Crippen molar-refractivity contribution in [3.63, 3.8) is 0 Å². The van der Waals surface area contributed by atoms with Crippen molar-refractivity contribution in [2.75, 3.05) is 46.4 Å². The summed E-state index contributed by atoms with van der Waals surface area (Å²) >= 11 is 0. The van der Waals surface area contributed by atoms with Crippen LogP contribution in [0.3, 0.4) is 0 Å². The summed E-state index contributed by atoms with van der Waals surface area (Å²) < 4.78 is 5.77. The Labute approximate surface area is 150 Å². The van der Waals surface area contributed by atoms with Gasteiger partial charge in [0.1, 0.15) is 18.5 Å². The van der Waals surface area contributed by atoms with Crippen molar-refractivity contribution in [2.24, 2.45) is 0 Å². The second-order valence-corrected chi connectivity index (χ2v) is 6.81. The molecule has 4 heteroatoms. The zero-order valence-corrected chi connectivity index (χ0v) is 15.0. The molecule has 0 aliphatic carbocycles. The summed E-state index contributed by atoms with van der Waals surface area (Å²) in [6.45, 7) is 5.27. The van der Waals surface area contributed by atoms with Gasteiger partial charge in [0, 0.05) is 19.6 Å². The van der Waals surface area contributed by atoms with E-state index >= 15 is 0 Å². The van der Waals surface area contributed by atoms with E-state index in [-0.39, 0.29) is 0 Å². The van der Waals surface area contributed by atoms with Crippen molar-refractivity contribution in [3.8, 4) is 16.9 Å². The molecule has 1 fully saturated rings. The summed E-state index contributed by atoms with van der Waals surface area (Å²) in [5.41, 5.74) is 2.36. The van der Waals surface area contributed by atoms with Crippen molar-refractivity contribution in [1.29, 1.82) is 0 Å². The van der Waals surface area contributed by atoms with Crippen molar-refractivity contribution >= 4 is 0 Å². The molecule has 2 aromatic carbocycles. The summed E-state index contributed by atoms with van der Waals surface area (Å²) in [4.78, 5) is 4.67. The monoisotopic (exact) mass is 340 g/mol. The number of aliphatic hydroxyl groups is 1. The van der Waals surface area contributed by atoms with Gasteiger partial charge in [-0.25, -0.2) is 0 Å². The van der Waals surface area contributed by atoms with Gasteiger partial charge >= 0.3 is 0 Å². The van der Waals surface area contributed by atoms with Gasteiger partial charge < -0.3 is 14.7 Å². The Morgan fingerprint density at radius 3 is 2.40 bits per heavy atom. The van der Waals surface area contributed by atoms with Gasteiger partial charge in [-0.1, -0.05) is 42.5 Å². The van der Waals surface area contributed by atoms with E-state index in [2.05, 4.69) is 41.1 Å². The number of aliphatic hydroxyl groups excluding tert-OH is 1. The SMILES string of the molecule is CN1CCCN(CC(O)COc2ccc(-c3ccccc3)cc2)CC1.